The summed E-state index contributed by atoms with van der Waals surface area (Å²) < 4.78 is 5.71. The summed E-state index contributed by atoms with van der Waals surface area (Å²) in [7, 11) is 0. The topological polar surface area (TPSA) is 167 Å². The van der Waals surface area contributed by atoms with Crippen LogP contribution >= 0.6 is 0 Å². The highest BCUT2D eigenvalue weighted by atomic mass is 16.5. The summed E-state index contributed by atoms with van der Waals surface area (Å²) in [5, 5.41) is 14.8. The molecule has 1 spiro atoms. The molecule has 0 unspecified atom stereocenters. The summed E-state index contributed by atoms with van der Waals surface area (Å²) in [5.74, 6) is 5.58. The predicted molar refractivity (Wildman–Crippen MR) is 104 cm³/mol. The standard InChI is InChI=1S/C18H24N8O4/c1-17(2,3)10-30-13-11(9-21-12(8-19)22-13)26(20)16(29)25-6-4-18(5-7-25)14(27)23-15(28)24-18/h9H,4-7,10,20H2,1-3H3,(H2,23,24,27,28). The molecule has 1 aromatic rings. The molecular weight excluding hydrogens is 392 g/mol. The lowest BCUT2D eigenvalue weighted by Gasteiger charge is -2.38. The van der Waals surface area contributed by atoms with Gasteiger partial charge in [0.1, 0.15) is 17.3 Å². The number of nitrogens with two attached hydrogens (primary N) is 1. The molecule has 0 atom stereocenters. The maximum atomic E-state index is 12.9. The first-order valence-corrected chi connectivity index (χ1v) is 9.42. The van der Waals surface area contributed by atoms with E-state index in [9.17, 15) is 14.4 Å². The largest absolute Gasteiger partial charge is 0.475 e. The first-order valence-electron chi connectivity index (χ1n) is 9.42. The first-order chi connectivity index (χ1) is 14.0. The number of carbonyl (C=O) groups excluding carboxylic acids is 3. The summed E-state index contributed by atoms with van der Waals surface area (Å²) in [6, 6.07) is 0.759. The van der Waals surface area contributed by atoms with Crippen molar-refractivity contribution >= 4 is 23.7 Å². The van der Waals surface area contributed by atoms with Gasteiger partial charge in [-0.25, -0.2) is 25.4 Å². The molecule has 2 saturated heterocycles. The van der Waals surface area contributed by atoms with Gasteiger partial charge in [0.05, 0.1) is 12.8 Å². The monoisotopic (exact) mass is 416 g/mol. The van der Waals surface area contributed by atoms with E-state index in [4.69, 9.17) is 15.8 Å². The fourth-order valence-electron chi connectivity index (χ4n) is 3.19. The summed E-state index contributed by atoms with van der Waals surface area (Å²) >= 11 is 0. The number of carbonyl (C=O) groups is 3. The van der Waals surface area contributed by atoms with Crippen LogP contribution < -0.4 is 26.2 Å². The number of nitriles is 1. The summed E-state index contributed by atoms with van der Waals surface area (Å²) in [4.78, 5) is 45.8. The lowest BCUT2D eigenvalue weighted by atomic mass is 9.88. The summed E-state index contributed by atoms with van der Waals surface area (Å²) in [5.41, 5.74) is -1.06. The van der Waals surface area contributed by atoms with E-state index in [1.807, 2.05) is 26.8 Å². The highest BCUT2D eigenvalue weighted by Gasteiger charge is 2.48. The Balaban J connectivity index is 1.74. The minimum absolute atomic E-state index is 0.0308. The molecule has 2 aliphatic rings. The number of anilines is 1. The van der Waals surface area contributed by atoms with Gasteiger partial charge in [0.25, 0.3) is 5.91 Å². The average molecular weight is 416 g/mol. The molecule has 0 bridgehead atoms. The molecular formula is C18H24N8O4. The molecule has 2 fully saturated rings. The van der Waals surface area contributed by atoms with Crippen molar-refractivity contribution in [2.45, 2.75) is 39.2 Å². The second-order valence-electron chi connectivity index (χ2n) is 8.48. The molecule has 0 saturated carbocycles. The van der Waals surface area contributed by atoms with Crippen molar-refractivity contribution in [3.63, 3.8) is 0 Å². The van der Waals surface area contributed by atoms with Crippen LogP contribution in [-0.2, 0) is 4.79 Å². The van der Waals surface area contributed by atoms with E-state index >= 15 is 0 Å². The molecule has 4 N–H and O–H groups in total. The van der Waals surface area contributed by atoms with E-state index in [1.165, 1.54) is 11.1 Å². The second-order valence-corrected chi connectivity index (χ2v) is 8.48. The Hall–Kier alpha value is -3.46. The zero-order valence-corrected chi connectivity index (χ0v) is 17.1. The van der Waals surface area contributed by atoms with E-state index in [0.29, 0.717) is 0 Å². The third kappa shape index (κ3) is 4.25. The Morgan fingerprint density at radius 1 is 1.40 bits per heavy atom. The number of imide groups is 1. The smallest absolute Gasteiger partial charge is 0.339 e. The van der Waals surface area contributed by atoms with Crippen molar-refractivity contribution in [3.8, 4) is 11.9 Å². The Kier molecular flexibility index (Phi) is 5.49. The Bertz CT molecular complexity index is 912. The van der Waals surface area contributed by atoms with E-state index in [0.717, 1.165) is 5.01 Å². The number of rotatable bonds is 3. The molecule has 0 radical (unpaired) electrons. The van der Waals surface area contributed by atoms with Crippen LogP contribution in [0.3, 0.4) is 0 Å². The number of nitrogens with zero attached hydrogens (tertiary/aromatic N) is 5. The van der Waals surface area contributed by atoms with Crippen molar-refractivity contribution in [2.24, 2.45) is 11.3 Å². The van der Waals surface area contributed by atoms with Gasteiger partial charge in [-0.3, -0.25) is 10.1 Å². The predicted octanol–water partition coefficient (Wildman–Crippen LogP) is 0.247. The Morgan fingerprint density at radius 3 is 2.60 bits per heavy atom. The van der Waals surface area contributed by atoms with Gasteiger partial charge in [-0.15, -0.1) is 0 Å². The van der Waals surface area contributed by atoms with Crippen LogP contribution in [0.4, 0.5) is 15.3 Å². The number of hydrogen-bond donors (Lipinski definition) is 3. The van der Waals surface area contributed by atoms with E-state index in [1.54, 1.807) is 0 Å². The Labute approximate surface area is 173 Å². The van der Waals surface area contributed by atoms with Gasteiger partial charge in [-0.2, -0.15) is 10.2 Å². The van der Waals surface area contributed by atoms with Crippen molar-refractivity contribution in [2.75, 3.05) is 24.7 Å². The van der Waals surface area contributed by atoms with Crippen molar-refractivity contribution in [3.05, 3.63) is 12.0 Å². The van der Waals surface area contributed by atoms with Gasteiger partial charge in [0, 0.05) is 13.1 Å². The molecule has 0 aliphatic carbocycles. The van der Waals surface area contributed by atoms with Gasteiger partial charge in [0.15, 0.2) is 0 Å². The van der Waals surface area contributed by atoms with Gasteiger partial charge in [-0.05, 0) is 18.3 Å². The number of likely N-dealkylation sites (tertiary alicyclic amines) is 1. The fourth-order valence-corrected chi connectivity index (χ4v) is 3.19. The number of amides is 5. The van der Waals surface area contributed by atoms with Crippen molar-refractivity contribution < 1.29 is 19.1 Å². The zero-order chi connectivity index (χ0) is 22.1. The molecule has 0 aromatic carbocycles. The first kappa shape index (κ1) is 21.3. The minimum Gasteiger partial charge on any atom is -0.475 e. The van der Waals surface area contributed by atoms with Crippen LogP contribution in [0.25, 0.3) is 0 Å². The molecule has 30 heavy (non-hydrogen) atoms. The van der Waals surface area contributed by atoms with Crippen molar-refractivity contribution in [1.82, 2.24) is 25.5 Å². The lowest BCUT2D eigenvalue weighted by Crippen LogP contribution is -2.58. The van der Waals surface area contributed by atoms with Crippen LogP contribution in [0.5, 0.6) is 5.88 Å². The third-order valence-electron chi connectivity index (χ3n) is 4.85. The van der Waals surface area contributed by atoms with Crippen molar-refractivity contribution in [1.29, 1.82) is 5.26 Å². The van der Waals surface area contributed by atoms with E-state index in [2.05, 4.69) is 20.6 Å². The number of hydrogen-bond acceptors (Lipinski definition) is 8. The number of hydrazine groups is 1. The van der Waals surface area contributed by atoms with Gasteiger partial charge >= 0.3 is 12.1 Å². The highest BCUT2D eigenvalue weighted by Crippen LogP contribution is 2.29. The Morgan fingerprint density at radius 2 is 2.07 bits per heavy atom. The highest BCUT2D eigenvalue weighted by molar-refractivity contribution is 6.07. The van der Waals surface area contributed by atoms with Crippen LogP contribution in [-0.4, -0.2) is 58.1 Å². The molecule has 3 heterocycles. The minimum atomic E-state index is -0.994. The zero-order valence-electron chi connectivity index (χ0n) is 17.1. The third-order valence-corrected chi connectivity index (χ3v) is 4.85. The number of ether oxygens (including phenoxy) is 1. The maximum absolute atomic E-state index is 12.9. The average Bonchev–Trinajstić information content (AvgIpc) is 2.97. The molecule has 3 rings (SSSR count). The van der Waals surface area contributed by atoms with Gasteiger partial charge in [-0.1, -0.05) is 20.8 Å². The molecule has 160 valence electrons. The fraction of sp³-hybridized carbons (Fsp3) is 0.556. The SMILES string of the molecule is CC(C)(C)COc1nc(C#N)ncc1N(N)C(=O)N1CCC2(CC1)NC(=O)NC2=O. The number of piperidine rings is 1. The quantitative estimate of drug-likeness (QED) is 0.273. The normalized spacial score (nSPS) is 17.9. The molecule has 5 amide bonds. The summed E-state index contributed by atoms with van der Waals surface area (Å²) in [6.07, 6.45) is 1.79. The maximum Gasteiger partial charge on any atom is 0.339 e. The number of aromatic nitrogens is 2. The van der Waals surface area contributed by atoms with E-state index in [-0.39, 0.29) is 61.3 Å². The molecule has 1 aromatic heterocycles. The van der Waals surface area contributed by atoms with E-state index < -0.39 is 17.6 Å². The lowest BCUT2D eigenvalue weighted by molar-refractivity contribution is -0.125. The second kappa shape index (κ2) is 7.75. The number of nitrogens with one attached hydrogen (secondary N) is 2. The van der Waals surface area contributed by atoms with Crippen LogP contribution in [0.2, 0.25) is 0 Å². The van der Waals surface area contributed by atoms with Crippen LogP contribution in [0.1, 0.15) is 39.4 Å². The number of urea groups is 2. The van der Waals surface area contributed by atoms with Crippen LogP contribution in [0, 0.1) is 16.7 Å². The summed E-state index contributed by atoms with van der Waals surface area (Å²) in [6.45, 7) is 6.61. The molecule has 2 aliphatic heterocycles. The van der Waals surface area contributed by atoms with Crippen LogP contribution in [0.15, 0.2) is 6.20 Å². The molecule has 12 nitrogen and oxygen atoms in total. The molecule has 12 heteroatoms. The van der Waals surface area contributed by atoms with Gasteiger partial charge in [0.2, 0.25) is 11.7 Å². The van der Waals surface area contributed by atoms with Gasteiger partial charge < -0.3 is 15.0 Å².